The summed E-state index contributed by atoms with van der Waals surface area (Å²) in [6, 6.07) is 2.48. The van der Waals surface area contributed by atoms with E-state index in [1.807, 2.05) is 0 Å². The molecule has 1 aromatic carbocycles. The summed E-state index contributed by atoms with van der Waals surface area (Å²) in [6.45, 7) is 0. The summed E-state index contributed by atoms with van der Waals surface area (Å²) in [5.74, 6) is 2.53. The van der Waals surface area contributed by atoms with Gasteiger partial charge in [-0.1, -0.05) is 11.6 Å². The molecule has 0 spiro atoms. The van der Waals surface area contributed by atoms with E-state index in [0.717, 1.165) is 0 Å². The van der Waals surface area contributed by atoms with E-state index in [2.05, 4.69) is 10.9 Å². The van der Waals surface area contributed by atoms with Gasteiger partial charge in [-0.15, -0.1) is 12.3 Å². The Morgan fingerprint density at radius 2 is 2.33 bits per heavy atom. The molecule has 15 heavy (non-hydrogen) atoms. The lowest BCUT2D eigenvalue weighted by Gasteiger charge is -1.90. The van der Waals surface area contributed by atoms with E-state index in [1.54, 1.807) is 0 Å². The largest absolute Gasteiger partial charge is 0.439 e. The number of hydrogen-bond donors (Lipinski definition) is 0. The summed E-state index contributed by atoms with van der Waals surface area (Å²) in [7, 11) is 0. The first-order valence-electron chi connectivity index (χ1n) is 4.38. The van der Waals surface area contributed by atoms with Crippen molar-refractivity contribution in [1.82, 2.24) is 4.98 Å². The molecule has 0 saturated heterocycles. The van der Waals surface area contributed by atoms with Gasteiger partial charge in [-0.3, -0.25) is 0 Å². The summed E-state index contributed by atoms with van der Waals surface area (Å²) >= 11 is 5.80. The number of rotatable bonds is 2. The minimum Gasteiger partial charge on any atom is -0.439 e. The van der Waals surface area contributed by atoms with Gasteiger partial charge in [0.15, 0.2) is 11.5 Å². The predicted molar refractivity (Wildman–Crippen MR) is 56.1 cm³/mol. The second kappa shape index (κ2) is 3.92. The Labute approximate surface area is 91.1 Å². The molecule has 0 amide bonds. The van der Waals surface area contributed by atoms with Gasteiger partial charge in [-0.05, 0) is 6.07 Å². The zero-order valence-corrected chi connectivity index (χ0v) is 8.51. The molecule has 0 fully saturated rings. The van der Waals surface area contributed by atoms with Gasteiger partial charge in [0.2, 0.25) is 0 Å². The van der Waals surface area contributed by atoms with Crippen LogP contribution in [0.1, 0.15) is 12.3 Å². The van der Waals surface area contributed by atoms with E-state index < -0.39 is 5.82 Å². The van der Waals surface area contributed by atoms with Crippen molar-refractivity contribution in [2.75, 3.05) is 0 Å². The van der Waals surface area contributed by atoms with Crippen LogP contribution in [0, 0.1) is 18.2 Å². The van der Waals surface area contributed by atoms with E-state index >= 15 is 0 Å². The minimum absolute atomic E-state index is 0.226. The number of halogens is 2. The number of hydrogen-bond acceptors (Lipinski definition) is 2. The maximum absolute atomic E-state index is 13.0. The fourth-order valence-corrected chi connectivity index (χ4v) is 1.53. The van der Waals surface area contributed by atoms with Crippen LogP contribution in [-0.4, -0.2) is 4.98 Å². The van der Waals surface area contributed by atoms with Crippen LogP contribution >= 0.6 is 11.6 Å². The van der Waals surface area contributed by atoms with E-state index in [0.29, 0.717) is 29.8 Å². The molecule has 0 unspecified atom stereocenters. The van der Waals surface area contributed by atoms with Crippen LogP contribution in [0.5, 0.6) is 0 Å². The van der Waals surface area contributed by atoms with Crippen molar-refractivity contribution >= 4 is 22.7 Å². The second-order valence-corrected chi connectivity index (χ2v) is 3.45. The molecular formula is C11H7ClFNO. The number of oxazole rings is 1. The zero-order chi connectivity index (χ0) is 10.8. The van der Waals surface area contributed by atoms with Crippen molar-refractivity contribution in [3.63, 3.8) is 0 Å². The molecule has 0 saturated carbocycles. The number of terminal acetylenes is 1. The number of aryl methyl sites for hydroxylation is 1. The number of nitrogens with zero attached hydrogens (tertiary/aromatic N) is 1. The zero-order valence-electron chi connectivity index (χ0n) is 7.76. The van der Waals surface area contributed by atoms with E-state index in [-0.39, 0.29) is 5.02 Å². The van der Waals surface area contributed by atoms with E-state index in [9.17, 15) is 4.39 Å². The fourth-order valence-electron chi connectivity index (χ4n) is 1.29. The van der Waals surface area contributed by atoms with Crippen LogP contribution in [0.2, 0.25) is 5.02 Å². The molecule has 0 N–H and O–H groups in total. The first-order valence-corrected chi connectivity index (χ1v) is 4.76. The Morgan fingerprint density at radius 1 is 1.53 bits per heavy atom. The molecule has 2 nitrogen and oxygen atoms in total. The smallest absolute Gasteiger partial charge is 0.196 e. The van der Waals surface area contributed by atoms with Crippen molar-refractivity contribution < 1.29 is 8.81 Å². The Morgan fingerprint density at radius 3 is 3.07 bits per heavy atom. The first-order chi connectivity index (χ1) is 7.20. The SMILES string of the molecule is C#CCCc1nc2cc(F)cc(Cl)c2o1. The summed E-state index contributed by atoms with van der Waals surface area (Å²) in [6.07, 6.45) is 6.18. The molecule has 0 aliphatic carbocycles. The Hall–Kier alpha value is -1.53. The summed E-state index contributed by atoms with van der Waals surface area (Å²) < 4.78 is 18.3. The molecule has 2 rings (SSSR count). The molecule has 0 aliphatic rings. The predicted octanol–water partition coefficient (Wildman–Crippen LogP) is 3.19. The van der Waals surface area contributed by atoms with Crippen LogP contribution in [0.4, 0.5) is 4.39 Å². The molecule has 76 valence electrons. The normalized spacial score (nSPS) is 10.5. The van der Waals surface area contributed by atoms with Gasteiger partial charge in [-0.25, -0.2) is 9.37 Å². The molecule has 4 heteroatoms. The molecule has 1 heterocycles. The maximum Gasteiger partial charge on any atom is 0.196 e. The van der Waals surface area contributed by atoms with Gasteiger partial charge < -0.3 is 4.42 Å². The summed E-state index contributed by atoms with van der Waals surface area (Å²) in [5.41, 5.74) is 0.831. The quantitative estimate of drug-likeness (QED) is 0.731. The molecule has 1 aromatic heterocycles. The lowest BCUT2D eigenvalue weighted by atomic mass is 10.3. The third kappa shape index (κ3) is 1.95. The van der Waals surface area contributed by atoms with Gasteiger partial charge >= 0.3 is 0 Å². The molecule has 0 radical (unpaired) electrons. The highest BCUT2D eigenvalue weighted by molar-refractivity contribution is 6.34. The third-order valence-electron chi connectivity index (χ3n) is 1.94. The third-order valence-corrected chi connectivity index (χ3v) is 2.22. The lowest BCUT2D eigenvalue weighted by molar-refractivity contribution is 0.531. The van der Waals surface area contributed by atoms with Crippen LogP contribution in [-0.2, 0) is 6.42 Å². The van der Waals surface area contributed by atoms with Gasteiger partial charge in [-0.2, -0.15) is 0 Å². The van der Waals surface area contributed by atoms with Gasteiger partial charge in [0.25, 0.3) is 0 Å². The van der Waals surface area contributed by atoms with Crippen LogP contribution < -0.4 is 0 Å². The van der Waals surface area contributed by atoms with Gasteiger partial charge in [0, 0.05) is 18.9 Å². The highest BCUT2D eigenvalue weighted by Gasteiger charge is 2.10. The number of fused-ring (bicyclic) bond motifs is 1. The summed E-state index contributed by atoms with van der Waals surface area (Å²) in [4.78, 5) is 4.09. The summed E-state index contributed by atoms with van der Waals surface area (Å²) in [5, 5.41) is 0.226. The topological polar surface area (TPSA) is 26.0 Å². The number of benzene rings is 1. The van der Waals surface area contributed by atoms with Crippen molar-refractivity contribution in [3.05, 3.63) is 28.9 Å². The fraction of sp³-hybridized carbons (Fsp3) is 0.182. The monoisotopic (exact) mass is 223 g/mol. The van der Waals surface area contributed by atoms with Crippen LogP contribution in [0.15, 0.2) is 16.5 Å². The van der Waals surface area contributed by atoms with Crippen molar-refractivity contribution in [3.8, 4) is 12.3 Å². The van der Waals surface area contributed by atoms with Crippen molar-refractivity contribution in [2.24, 2.45) is 0 Å². The average molecular weight is 224 g/mol. The lowest BCUT2D eigenvalue weighted by Crippen LogP contribution is -1.81. The minimum atomic E-state index is -0.427. The van der Waals surface area contributed by atoms with Crippen LogP contribution in [0.25, 0.3) is 11.1 Å². The standard InChI is InChI=1S/C11H7ClFNO/c1-2-3-4-10-14-9-6-7(13)5-8(12)11(9)15-10/h1,5-6H,3-4H2. The molecule has 0 aliphatic heterocycles. The van der Waals surface area contributed by atoms with E-state index in [4.69, 9.17) is 22.4 Å². The molecular weight excluding hydrogens is 217 g/mol. The Bertz CT molecular complexity index is 541. The highest BCUT2D eigenvalue weighted by Crippen LogP contribution is 2.25. The van der Waals surface area contributed by atoms with Crippen LogP contribution in [0.3, 0.4) is 0 Å². The van der Waals surface area contributed by atoms with Gasteiger partial charge in [0.1, 0.15) is 11.3 Å². The molecule has 2 aromatic rings. The molecule has 0 bridgehead atoms. The molecule has 0 atom stereocenters. The average Bonchev–Trinajstić information content (AvgIpc) is 2.57. The number of aromatic nitrogens is 1. The van der Waals surface area contributed by atoms with Gasteiger partial charge in [0.05, 0.1) is 5.02 Å². The van der Waals surface area contributed by atoms with E-state index in [1.165, 1.54) is 12.1 Å². The van der Waals surface area contributed by atoms with Crippen molar-refractivity contribution in [1.29, 1.82) is 0 Å². The first kappa shape index (κ1) is 10.0. The maximum atomic E-state index is 13.0. The Balaban J connectivity index is 2.47. The second-order valence-electron chi connectivity index (χ2n) is 3.05. The Kier molecular flexibility index (Phi) is 2.61. The highest BCUT2D eigenvalue weighted by atomic mass is 35.5. The van der Waals surface area contributed by atoms with Crippen molar-refractivity contribution in [2.45, 2.75) is 12.8 Å².